The first-order chi connectivity index (χ1) is 9.49. The number of hydrogen-bond donors (Lipinski definition) is 2. The van der Waals surface area contributed by atoms with E-state index in [-0.39, 0.29) is 0 Å². The van der Waals surface area contributed by atoms with Crippen molar-refractivity contribution in [3.05, 3.63) is 23.8 Å². The Bertz CT molecular complexity index is 653. The smallest absolute Gasteiger partial charge is 0.317 e. The lowest BCUT2D eigenvalue weighted by atomic mass is 10.2. The Morgan fingerprint density at radius 1 is 1.40 bits per heavy atom. The van der Waals surface area contributed by atoms with E-state index in [9.17, 15) is 9.59 Å². The van der Waals surface area contributed by atoms with E-state index >= 15 is 0 Å². The molecule has 0 aliphatic heterocycles. The van der Waals surface area contributed by atoms with Crippen molar-refractivity contribution in [2.75, 3.05) is 0 Å². The summed E-state index contributed by atoms with van der Waals surface area (Å²) in [6.45, 7) is 2.05. The van der Waals surface area contributed by atoms with Gasteiger partial charge in [0.1, 0.15) is 5.25 Å². The van der Waals surface area contributed by atoms with Crippen molar-refractivity contribution in [2.45, 2.75) is 29.4 Å². The van der Waals surface area contributed by atoms with Gasteiger partial charge in [-0.15, -0.1) is 11.3 Å². The predicted molar refractivity (Wildman–Crippen MR) is 78.5 cm³/mol. The van der Waals surface area contributed by atoms with Gasteiger partial charge in [-0.05, 0) is 24.1 Å². The van der Waals surface area contributed by atoms with Crippen molar-refractivity contribution < 1.29 is 19.8 Å². The van der Waals surface area contributed by atoms with Gasteiger partial charge in [0.25, 0.3) is 0 Å². The van der Waals surface area contributed by atoms with Crippen LogP contribution in [0.25, 0.3) is 10.2 Å². The van der Waals surface area contributed by atoms with Gasteiger partial charge in [-0.3, -0.25) is 9.59 Å². The summed E-state index contributed by atoms with van der Waals surface area (Å²) >= 11 is 2.38. The molecule has 1 aromatic heterocycles. The zero-order valence-electron chi connectivity index (χ0n) is 10.7. The van der Waals surface area contributed by atoms with Gasteiger partial charge in [0, 0.05) is 0 Å². The highest BCUT2D eigenvalue weighted by atomic mass is 32.2. The largest absolute Gasteiger partial charge is 0.481 e. The van der Waals surface area contributed by atoms with Crippen LogP contribution in [-0.4, -0.2) is 32.4 Å². The van der Waals surface area contributed by atoms with Gasteiger partial charge >= 0.3 is 11.9 Å². The van der Waals surface area contributed by atoms with Crippen LogP contribution >= 0.6 is 23.1 Å². The third-order valence-corrected chi connectivity index (χ3v) is 5.03. The molecule has 106 valence electrons. The van der Waals surface area contributed by atoms with E-state index in [1.165, 1.54) is 16.9 Å². The summed E-state index contributed by atoms with van der Waals surface area (Å²) in [5.74, 6) is -2.26. The van der Waals surface area contributed by atoms with Crippen molar-refractivity contribution in [3.8, 4) is 0 Å². The summed E-state index contributed by atoms with van der Waals surface area (Å²) in [5, 5.41) is 16.7. The number of fused-ring (bicyclic) bond motifs is 1. The maximum absolute atomic E-state index is 11.0. The van der Waals surface area contributed by atoms with Gasteiger partial charge in [0.05, 0.1) is 16.6 Å². The Hall–Kier alpha value is -1.60. The summed E-state index contributed by atoms with van der Waals surface area (Å²) in [5.41, 5.74) is 2.00. The van der Waals surface area contributed by atoms with E-state index in [1.54, 1.807) is 0 Å². The highest BCUT2D eigenvalue weighted by molar-refractivity contribution is 8.02. The van der Waals surface area contributed by atoms with Crippen LogP contribution in [-0.2, 0) is 16.0 Å². The minimum Gasteiger partial charge on any atom is -0.481 e. The second kappa shape index (κ2) is 6.23. The second-order valence-corrected chi connectivity index (χ2v) is 6.66. The first kappa shape index (κ1) is 14.8. The average molecular weight is 311 g/mol. The fourth-order valence-corrected chi connectivity index (χ4v) is 3.89. The number of nitrogens with zero attached hydrogens (tertiary/aromatic N) is 1. The molecule has 0 radical (unpaired) electrons. The average Bonchev–Trinajstić information content (AvgIpc) is 2.78. The van der Waals surface area contributed by atoms with E-state index in [4.69, 9.17) is 10.2 Å². The maximum Gasteiger partial charge on any atom is 0.317 e. The fourth-order valence-electron chi connectivity index (χ4n) is 1.68. The van der Waals surface area contributed by atoms with Gasteiger partial charge in [0.15, 0.2) is 4.34 Å². The highest BCUT2D eigenvalue weighted by Gasteiger charge is 2.24. The normalized spacial score (nSPS) is 12.4. The minimum atomic E-state index is -1.13. The van der Waals surface area contributed by atoms with Crippen molar-refractivity contribution in [1.29, 1.82) is 0 Å². The molecule has 1 aromatic carbocycles. The van der Waals surface area contributed by atoms with Crippen LogP contribution in [0.4, 0.5) is 0 Å². The number of aryl methyl sites for hydroxylation is 1. The number of aliphatic carboxylic acids is 2. The topological polar surface area (TPSA) is 87.5 Å². The molecule has 0 spiro atoms. The Labute approximate surface area is 123 Å². The number of thioether (sulfide) groups is 1. The Morgan fingerprint density at radius 2 is 2.15 bits per heavy atom. The standard InChI is InChI=1S/C13H13NO4S2/c1-2-7-3-4-9-8(5-7)14-13(19-9)20-10(12(17)18)6-11(15)16/h3-5,10H,2,6H2,1H3,(H,15,16)(H,17,18). The highest BCUT2D eigenvalue weighted by Crippen LogP contribution is 2.33. The number of carbonyl (C=O) groups is 2. The molecule has 0 saturated carbocycles. The summed E-state index contributed by atoms with van der Waals surface area (Å²) in [6.07, 6.45) is 0.489. The number of hydrogen-bond acceptors (Lipinski definition) is 5. The van der Waals surface area contributed by atoms with Gasteiger partial charge in [0.2, 0.25) is 0 Å². The van der Waals surface area contributed by atoms with Crippen LogP contribution < -0.4 is 0 Å². The van der Waals surface area contributed by atoms with Gasteiger partial charge in [-0.1, -0.05) is 24.8 Å². The first-order valence-electron chi connectivity index (χ1n) is 6.00. The molecule has 1 unspecified atom stereocenters. The predicted octanol–water partition coefficient (Wildman–Crippen LogP) is 2.88. The van der Waals surface area contributed by atoms with Crippen LogP contribution in [0.2, 0.25) is 0 Å². The number of aromatic nitrogens is 1. The molecular formula is C13H13NO4S2. The van der Waals surface area contributed by atoms with Crippen LogP contribution in [0.5, 0.6) is 0 Å². The van der Waals surface area contributed by atoms with E-state index < -0.39 is 23.6 Å². The van der Waals surface area contributed by atoms with Crippen LogP contribution in [0, 0.1) is 0 Å². The Kier molecular flexibility index (Phi) is 4.61. The lowest BCUT2D eigenvalue weighted by Crippen LogP contribution is -2.20. The SMILES string of the molecule is CCc1ccc2sc(SC(CC(=O)O)C(=O)O)nc2c1. The molecule has 0 bridgehead atoms. The van der Waals surface area contributed by atoms with Crippen LogP contribution in [0.15, 0.2) is 22.5 Å². The van der Waals surface area contributed by atoms with Crippen molar-refractivity contribution in [3.63, 3.8) is 0 Å². The monoisotopic (exact) mass is 311 g/mol. The molecule has 5 nitrogen and oxygen atoms in total. The minimum absolute atomic E-state index is 0.421. The van der Waals surface area contributed by atoms with Gasteiger partial charge in [-0.2, -0.15) is 0 Å². The third kappa shape index (κ3) is 3.49. The molecule has 2 aromatic rings. The lowest BCUT2D eigenvalue weighted by Gasteiger charge is -2.06. The molecule has 0 amide bonds. The summed E-state index contributed by atoms with van der Waals surface area (Å²) in [4.78, 5) is 26.1. The number of rotatable bonds is 6. The third-order valence-electron chi connectivity index (χ3n) is 2.72. The summed E-state index contributed by atoms with van der Waals surface area (Å²) in [7, 11) is 0. The number of thiazole rings is 1. The van der Waals surface area contributed by atoms with E-state index in [0.29, 0.717) is 4.34 Å². The Morgan fingerprint density at radius 3 is 2.75 bits per heavy atom. The van der Waals surface area contributed by atoms with Crippen molar-refractivity contribution in [2.24, 2.45) is 0 Å². The van der Waals surface area contributed by atoms with Crippen LogP contribution in [0.3, 0.4) is 0 Å². The zero-order valence-corrected chi connectivity index (χ0v) is 12.3. The quantitative estimate of drug-likeness (QED) is 0.798. The number of benzene rings is 1. The molecule has 0 aliphatic rings. The number of carboxylic acids is 2. The second-order valence-electron chi connectivity index (χ2n) is 4.18. The molecule has 1 atom stereocenters. The zero-order chi connectivity index (χ0) is 14.7. The van der Waals surface area contributed by atoms with Gasteiger partial charge in [-0.25, -0.2) is 4.98 Å². The summed E-state index contributed by atoms with van der Waals surface area (Å²) < 4.78 is 1.56. The van der Waals surface area contributed by atoms with Crippen molar-refractivity contribution in [1.82, 2.24) is 4.98 Å². The molecule has 20 heavy (non-hydrogen) atoms. The number of carboxylic acid groups (broad SMARTS) is 2. The molecule has 0 saturated heterocycles. The van der Waals surface area contributed by atoms with Crippen molar-refractivity contribution >= 4 is 45.3 Å². The molecule has 0 aliphatic carbocycles. The fraction of sp³-hybridized carbons (Fsp3) is 0.308. The van der Waals surface area contributed by atoms with Gasteiger partial charge < -0.3 is 10.2 Å². The lowest BCUT2D eigenvalue weighted by molar-refractivity contribution is -0.142. The van der Waals surface area contributed by atoms with Crippen LogP contribution in [0.1, 0.15) is 18.9 Å². The molecule has 2 N–H and O–H groups in total. The summed E-state index contributed by atoms with van der Waals surface area (Å²) in [6, 6.07) is 5.95. The first-order valence-corrected chi connectivity index (χ1v) is 7.70. The molecular weight excluding hydrogens is 298 g/mol. The van der Waals surface area contributed by atoms with E-state index in [0.717, 1.165) is 28.4 Å². The molecule has 7 heteroatoms. The molecule has 2 rings (SSSR count). The van der Waals surface area contributed by atoms with E-state index in [1.807, 2.05) is 18.2 Å². The van der Waals surface area contributed by atoms with E-state index in [2.05, 4.69) is 11.9 Å². The maximum atomic E-state index is 11.0. The Balaban J connectivity index is 2.23. The molecule has 1 heterocycles. The molecule has 0 fully saturated rings.